The lowest BCUT2D eigenvalue weighted by atomic mass is 9.71. The van der Waals surface area contributed by atoms with E-state index in [1.807, 2.05) is 42.2 Å². The van der Waals surface area contributed by atoms with E-state index in [4.69, 9.17) is 9.72 Å². The van der Waals surface area contributed by atoms with Crippen LogP contribution in [-0.4, -0.2) is 160 Å². The molecule has 1 spiro atoms. The number of anilines is 2. The van der Waals surface area contributed by atoms with Gasteiger partial charge in [-0.3, -0.25) is 34.2 Å². The Bertz CT molecular complexity index is 3130. The first-order valence-electron chi connectivity index (χ1n) is 27.1. The van der Waals surface area contributed by atoms with Gasteiger partial charge in [0.1, 0.15) is 35.3 Å². The van der Waals surface area contributed by atoms with Crippen LogP contribution in [0.1, 0.15) is 96.6 Å². The Labute approximate surface area is 445 Å². The van der Waals surface area contributed by atoms with E-state index < -0.39 is 35.0 Å². The molecular formula is C57H64F2N12O6. The number of amides is 5. The summed E-state index contributed by atoms with van der Waals surface area (Å²) in [6.07, 6.45) is 11.4. The number of hydrogen-bond acceptors (Lipinski definition) is 13. The molecule has 2 aromatic carbocycles. The minimum absolute atomic E-state index is 0.132. The van der Waals surface area contributed by atoms with E-state index in [9.17, 15) is 38.0 Å². The Balaban J connectivity index is 0.659. The summed E-state index contributed by atoms with van der Waals surface area (Å²) in [5.41, 5.74) is 4.43. The number of rotatable bonds is 13. The van der Waals surface area contributed by atoms with Crippen molar-refractivity contribution in [2.24, 2.45) is 5.41 Å². The van der Waals surface area contributed by atoms with Crippen LogP contribution in [0.25, 0.3) is 16.6 Å². The van der Waals surface area contributed by atoms with Gasteiger partial charge in [-0.25, -0.2) is 18.3 Å². The van der Waals surface area contributed by atoms with Gasteiger partial charge in [0.25, 0.3) is 11.8 Å². The summed E-state index contributed by atoms with van der Waals surface area (Å²) >= 11 is 0. The summed E-state index contributed by atoms with van der Waals surface area (Å²) in [7, 11) is 0. The van der Waals surface area contributed by atoms with Crippen LogP contribution >= 0.6 is 0 Å². The second-order valence-electron chi connectivity index (χ2n) is 21.7. The van der Waals surface area contributed by atoms with Gasteiger partial charge in [-0.05, 0) is 131 Å². The fourth-order valence-electron chi connectivity index (χ4n) is 12.6. The Kier molecular flexibility index (Phi) is 14.4. The predicted octanol–water partition coefficient (Wildman–Crippen LogP) is 5.39. The molecule has 402 valence electrons. The van der Waals surface area contributed by atoms with Crippen molar-refractivity contribution >= 4 is 46.6 Å². The van der Waals surface area contributed by atoms with E-state index in [1.54, 1.807) is 21.8 Å². The number of likely N-dealkylation sites (tertiary alicyclic amines) is 1. The third kappa shape index (κ3) is 10.7. The number of pyridine rings is 2. The number of carbonyl (C=O) groups excluding carboxylic acids is 5. The molecule has 1 unspecified atom stereocenters. The normalized spacial score (nSPS) is 20.8. The molecule has 0 radical (unpaired) electrons. The summed E-state index contributed by atoms with van der Waals surface area (Å²) in [5.74, 6) is -1.54. The molecule has 1 atom stereocenters. The van der Waals surface area contributed by atoms with Crippen molar-refractivity contribution in [3.05, 3.63) is 107 Å². The predicted molar refractivity (Wildman–Crippen MR) is 282 cm³/mol. The zero-order chi connectivity index (χ0) is 53.4. The standard InChI is InChI=1S/C57H64F2N12O6/c1-2-77-43-31-45(52-40(32-60)34-62-71(52)36-43)38-3-9-49(61-33-38)68-23-16-57(17-24-68,64-53(74)46-30-41(58)4-7-47(46)59)37-66-25-27-69(28-26-66)51(73)11-18-65-19-12-56(13-20-65)14-21-67(22-15-56)42-5-6-44-39(29-42)35-70(55(44)76)48-8-10-50(72)63-54(48)75/h3-7,9,29-31,33-34,36,48H,2,8,10-28,35,37H2,1H3,(H,64,74)(H,63,72,75). The molecule has 6 aliphatic rings. The van der Waals surface area contributed by atoms with E-state index in [1.165, 1.54) is 6.20 Å². The molecule has 2 N–H and O–H groups in total. The highest BCUT2D eigenvalue weighted by atomic mass is 19.1. The Morgan fingerprint density at radius 1 is 0.844 bits per heavy atom. The van der Waals surface area contributed by atoms with Gasteiger partial charge in [0.2, 0.25) is 17.7 Å². The summed E-state index contributed by atoms with van der Waals surface area (Å²) in [6, 6.07) is 16.3. The van der Waals surface area contributed by atoms with Gasteiger partial charge in [-0.1, -0.05) is 0 Å². The van der Waals surface area contributed by atoms with Crippen LogP contribution in [0.5, 0.6) is 5.75 Å². The summed E-state index contributed by atoms with van der Waals surface area (Å²) < 4.78 is 36.7. The molecule has 5 saturated heterocycles. The smallest absolute Gasteiger partial charge is 0.255 e. The van der Waals surface area contributed by atoms with Crippen molar-refractivity contribution < 1.29 is 37.5 Å². The summed E-state index contributed by atoms with van der Waals surface area (Å²) in [6.45, 7) is 11.1. The zero-order valence-corrected chi connectivity index (χ0v) is 43.4. The van der Waals surface area contributed by atoms with Gasteiger partial charge >= 0.3 is 0 Å². The second-order valence-corrected chi connectivity index (χ2v) is 21.7. The van der Waals surface area contributed by atoms with E-state index in [0.29, 0.717) is 114 Å². The molecule has 0 saturated carbocycles. The number of fused-ring (bicyclic) bond motifs is 2. The van der Waals surface area contributed by atoms with Crippen LogP contribution < -0.4 is 25.2 Å². The van der Waals surface area contributed by atoms with Crippen molar-refractivity contribution in [2.75, 3.05) is 94.9 Å². The topological polar surface area (TPSA) is 192 Å². The first-order valence-corrected chi connectivity index (χ1v) is 27.1. The lowest BCUT2D eigenvalue weighted by Gasteiger charge is -2.47. The monoisotopic (exact) mass is 1050 g/mol. The largest absolute Gasteiger partial charge is 0.492 e. The number of carbonyl (C=O) groups is 5. The van der Waals surface area contributed by atoms with Crippen LogP contribution in [0.15, 0.2) is 73.2 Å². The van der Waals surface area contributed by atoms with Crippen molar-refractivity contribution in [2.45, 2.75) is 82.8 Å². The number of nitrogens with zero attached hydrogens (tertiary/aromatic N) is 10. The molecular weight excluding hydrogens is 987 g/mol. The molecule has 3 aromatic heterocycles. The lowest BCUT2D eigenvalue weighted by molar-refractivity contribution is -0.137. The van der Waals surface area contributed by atoms with E-state index >= 15 is 0 Å². The molecule has 77 heavy (non-hydrogen) atoms. The van der Waals surface area contributed by atoms with Gasteiger partial charge in [-0.2, -0.15) is 10.4 Å². The number of imide groups is 1. The van der Waals surface area contributed by atoms with Crippen molar-refractivity contribution in [3.8, 4) is 22.9 Å². The van der Waals surface area contributed by atoms with E-state index in [2.05, 4.69) is 47.5 Å². The van der Waals surface area contributed by atoms with Crippen LogP contribution in [0.3, 0.4) is 0 Å². The highest BCUT2D eigenvalue weighted by Crippen LogP contribution is 2.43. The number of nitrogens with one attached hydrogen (secondary N) is 2. The van der Waals surface area contributed by atoms with Crippen LogP contribution in [0, 0.1) is 28.4 Å². The first-order chi connectivity index (χ1) is 37.3. The van der Waals surface area contributed by atoms with Crippen LogP contribution in [0.2, 0.25) is 0 Å². The number of benzene rings is 2. The molecule has 11 rings (SSSR count). The Morgan fingerprint density at radius 2 is 1.60 bits per heavy atom. The molecule has 5 amide bonds. The third-order valence-electron chi connectivity index (χ3n) is 17.2. The van der Waals surface area contributed by atoms with Gasteiger partial charge < -0.3 is 34.6 Å². The summed E-state index contributed by atoms with van der Waals surface area (Å²) in [5, 5.41) is 19.7. The third-order valence-corrected chi connectivity index (χ3v) is 17.2. The van der Waals surface area contributed by atoms with Gasteiger partial charge in [0.05, 0.1) is 41.2 Å². The maximum atomic E-state index is 15.0. The lowest BCUT2D eigenvalue weighted by Crippen LogP contribution is -2.62. The Morgan fingerprint density at radius 3 is 2.31 bits per heavy atom. The number of halogens is 2. The number of nitriles is 1. The minimum Gasteiger partial charge on any atom is -0.492 e. The average Bonchev–Trinajstić information content (AvgIpc) is 4.04. The second kappa shape index (κ2) is 21.5. The van der Waals surface area contributed by atoms with E-state index in [-0.39, 0.29) is 35.1 Å². The minimum atomic E-state index is -0.795. The summed E-state index contributed by atoms with van der Waals surface area (Å²) in [4.78, 5) is 82.6. The Hall–Kier alpha value is -7.50. The average molecular weight is 1050 g/mol. The molecule has 6 aliphatic heterocycles. The zero-order valence-electron chi connectivity index (χ0n) is 43.4. The maximum absolute atomic E-state index is 15.0. The van der Waals surface area contributed by atoms with Crippen LogP contribution in [-0.2, 0) is 20.9 Å². The van der Waals surface area contributed by atoms with E-state index in [0.717, 1.165) is 98.3 Å². The SMILES string of the molecule is CCOc1cc(-c2ccc(N3CCC(CN4CCN(C(=O)CCN5CCC6(CC5)CCN(c5ccc7c(c5)CN(C5CCC(=O)NC5=O)C7=O)CC6)CC4)(NC(=O)c4cc(F)ccc4F)CC3)nc2)c2c(C#N)cnn2c1. The fourth-order valence-corrected chi connectivity index (χ4v) is 12.6. The first kappa shape index (κ1) is 51.6. The maximum Gasteiger partial charge on any atom is 0.255 e. The molecule has 20 heteroatoms. The van der Waals surface area contributed by atoms with Crippen molar-refractivity contribution in [1.29, 1.82) is 5.26 Å². The number of piperazine rings is 1. The fraction of sp³-hybridized carbons (Fsp3) is 0.474. The molecule has 5 fully saturated rings. The highest BCUT2D eigenvalue weighted by molar-refractivity contribution is 6.05. The van der Waals surface area contributed by atoms with Gasteiger partial charge in [0, 0.05) is 113 Å². The molecule has 5 aromatic rings. The highest BCUT2D eigenvalue weighted by Gasteiger charge is 2.42. The molecule has 0 aliphatic carbocycles. The number of piperidine rings is 4. The number of hydrogen-bond donors (Lipinski definition) is 2. The van der Waals surface area contributed by atoms with Crippen LogP contribution in [0.4, 0.5) is 20.3 Å². The molecule has 0 bridgehead atoms. The number of aromatic nitrogens is 3. The van der Waals surface area contributed by atoms with Gasteiger partial charge in [0.15, 0.2) is 0 Å². The molecule has 9 heterocycles. The number of ether oxygens (including phenoxy) is 1. The molecule has 18 nitrogen and oxygen atoms in total. The van der Waals surface area contributed by atoms with Crippen molar-refractivity contribution in [1.82, 2.24) is 44.8 Å². The van der Waals surface area contributed by atoms with Gasteiger partial charge in [-0.15, -0.1) is 0 Å². The van der Waals surface area contributed by atoms with Crippen molar-refractivity contribution in [3.63, 3.8) is 0 Å². The quantitative estimate of drug-likeness (QED) is 0.143.